The maximum absolute atomic E-state index is 11.8. The Balaban J connectivity index is 2.23. The highest BCUT2D eigenvalue weighted by atomic mass is 16.3. The molecule has 1 aliphatic rings. The fourth-order valence-electron chi connectivity index (χ4n) is 1.71. The molecule has 16 heavy (non-hydrogen) atoms. The molecule has 0 unspecified atom stereocenters. The monoisotopic (exact) mass is 221 g/mol. The van der Waals surface area contributed by atoms with Gasteiger partial charge in [-0.1, -0.05) is 0 Å². The van der Waals surface area contributed by atoms with Crippen LogP contribution >= 0.6 is 0 Å². The number of phenolic OH excluding ortho intramolecular Hbond substituents is 2. The minimum absolute atomic E-state index is 0.0257. The molecule has 1 aromatic carbocycles. The molecule has 1 fully saturated rings. The Labute approximate surface area is 91.9 Å². The van der Waals surface area contributed by atoms with E-state index in [4.69, 9.17) is 0 Å². The van der Waals surface area contributed by atoms with Crippen LogP contribution in [0.15, 0.2) is 18.2 Å². The van der Waals surface area contributed by atoms with Crippen molar-refractivity contribution in [1.82, 2.24) is 4.90 Å². The van der Waals surface area contributed by atoms with Crippen LogP contribution < -0.4 is 0 Å². The molecular weight excluding hydrogens is 210 g/mol. The number of Topliss-reactive ketones (excluding diaryl/α,β-unsaturated/α-hetero) is 1. The number of hydrogen-bond acceptors (Lipinski definition) is 4. The molecule has 1 aliphatic heterocycles. The smallest absolute Gasteiger partial charge is 0.254 e. The van der Waals surface area contributed by atoms with Gasteiger partial charge >= 0.3 is 0 Å². The van der Waals surface area contributed by atoms with E-state index in [0.29, 0.717) is 13.0 Å². The molecule has 0 saturated carbocycles. The number of rotatable bonds is 1. The fraction of sp³-hybridized carbons (Fsp3) is 0.273. The average molecular weight is 221 g/mol. The Morgan fingerprint density at radius 1 is 1.19 bits per heavy atom. The maximum Gasteiger partial charge on any atom is 0.254 e. The van der Waals surface area contributed by atoms with Crippen molar-refractivity contribution in [2.45, 2.75) is 6.42 Å². The van der Waals surface area contributed by atoms with Gasteiger partial charge in [-0.05, 0) is 12.1 Å². The molecule has 0 spiro atoms. The average Bonchev–Trinajstić information content (AvgIpc) is 2.62. The highest BCUT2D eigenvalue weighted by Gasteiger charge is 2.25. The fourth-order valence-corrected chi connectivity index (χ4v) is 1.71. The predicted molar refractivity (Wildman–Crippen MR) is 55.3 cm³/mol. The van der Waals surface area contributed by atoms with Crippen LogP contribution in [0.4, 0.5) is 0 Å². The molecule has 0 aliphatic carbocycles. The number of likely N-dealkylation sites (tertiary alicyclic amines) is 1. The molecular formula is C11H11NO4. The number of aromatic hydroxyl groups is 2. The molecule has 1 amide bonds. The normalized spacial score (nSPS) is 15.5. The van der Waals surface area contributed by atoms with Crippen LogP contribution in [0.1, 0.15) is 16.8 Å². The summed E-state index contributed by atoms with van der Waals surface area (Å²) in [5, 5.41) is 18.5. The number of benzene rings is 1. The van der Waals surface area contributed by atoms with E-state index in [1.807, 2.05) is 0 Å². The highest BCUT2D eigenvalue weighted by Crippen LogP contribution is 2.22. The van der Waals surface area contributed by atoms with Crippen LogP contribution in [-0.4, -0.2) is 39.9 Å². The third-order valence-electron chi connectivity index (χ3n) is 2.46. The predicted octanol–water partition coefficient (Wildman–Crippen LogP) is 0.513. The zero-order valence-corrected chi connectivity index (χ0v) is 8.51. The second kappa shape index (κ2) is 3.84. The molecule has 5 heteroatoms. The molecule has 84 valence electrons. The largest absolute Gasteiger partial charge is 0.508 e. The van der Waals surface area contributed by atoms with Crippen molar-refractivity contribution in [3.05, 3.63) is 23.8 Å². The quantitative estimate of drug-likeness (QED) is 0.724. The number of ketones is 1. The summed E-state index contributed by atoms with van der Waals surface area (Å²) in [5.74, 6) is -0.669. The van der Waals surface area contributed by atoms with E-state index in [-0.39, 0.29) is 35.3 Å². The minimum atomic E-state index is -0.350. The molecule has 0 atom stereocenters. The van der Waals surface area contributed by atoms with Gasteiger partial charge in [0.05, 0.1) is 6.54 Å². The highest BCUT2D eigenvalue weighted by molar-refractivity contribution is 5.99. The van der Waals surface area contributed by atoms with Crippen LogP contribution in [0.5, 0.6) is 11.5 Å². The van der Waals surface area contributed by atoms with Gasteiger partial charge in [-0.3, -0.25) is 9.59 Å². The van der Waals surface area contributed by atoms with Gasteiger partial charge in [0.2, 0.25) is 0 Å². The van der Waals surface area contributed by atoms with Crippen molar-refractivity contribution in [1.29, 1.82) is 0 Å². The molecule has 5 nitrogen and oxygen atoms in total. The minimum Gasteiger partial charge on any atom is -0.508 e. The first kappa shape index (κ1) is 10.5. The molecule has 2 N–H and O–H groups in total. The second-order valence-corrected chi connectivity index (χ2v) is 3.75. The molecule has 1 saturated heterocycles. The van der Waals surface area contributed by atoms with Crippen LogP contribution in [0.3, 0.4) is 0 Å². The topological polar surface area (TPSA) is 77.8 Å². The third kappa shape index (κ3) is 1.98. The summed E-state index contributed by atoms with van der Waals surface area (Å²) >= 11 is 0. The first-order valence-electron chi connectivity index (χ1n) is 4.90. The first-order valence-corrected chi connectivity index (χ1v) is 4.90. The Morgan fingerprint density at radius 2 is 1.81 bits per heavy atom. The Hall–Kier alpha value is -2.04. The van der Waals surface area contributed by atoms with E-state index < -0.39 is 0 Å². The van der Waals surface area contributed by atoms with Crippen molar-refractivity contribution in [2.75, 3.05) is 13.1 Å². The van der Waals surface area contributed by atoms with Gasteiger partial charge in [-0.25, -0.2) is 0 Å². The summed E-state index contributed by atoms with van der Waals surface area (Å²) in [4.78, 5) is 24.3. The van der Waals surface area contributed by atoms with Gasteiger partial charge in [0.1, 0.15) is 11.5 Å². The van der Waals surface area contributed by atoms with E-state index in [9.17, 15) is 19.8 Å². The van der Waals surface area contributed by atoms with Gasteiger partial charge in [-0.15, -0.1) is 0 Å². The van der Waals surface area contributed by atoms with Crippen molar-refractivity contribution in [3.8, 4) is 11.5 Å². The summed E-state index contributed by atoms with van der Waals surface area (Å²) in [6.45, 7) is 0.503. The maximum atomic E-state index is 11.8. The number of hydrogen-bond donors (Lipinski definition) is 2. The van der Waals surface area contributed by atoms with E-state index in [1.54, 1.807) is 0 Å². The number of amides is 1. The second-order valence-electron chi connectivity index (χ2n) is 3.75. The SMILES string of the molecule is O=C1CCN(C(=O)c2cc(O)cc(O)c2)C1. The number of nitrogens with zero attached hydrogens (tertiary/aromatic N) is 1. The lowest BCUT2D eigenvalue weighted by atomic mass is 10.2. The lowest BCUT2D eigenvalue weighted by Crippen LogP contribution is -2.28. The Morgan fingerprint density at radius 3 is 2.31 bits per heavy atom. The van der Waals surface area contributed by atoms with E-state index in [1.165, 1.54) is 17.0 Å². The van der Waals surface area contributed by atoms with Crippen LogP contribution in [-0.2, 0) is 4.79 Å². The van der Waals surface area contributed by atoms with Crippen molar-refractivity contribution >= 4 is 11.7 Å². The van der Waals surface area contributed by atoms with Gasteiger partial charge in [0, 0.05) is 24.6 Å². The number of carbonyl (C=O) groups excluding carboxylic acids is 2. The molecule has 2 rings (SSSR count). The van der Waals surface area contributed by atoms with Gasteiger partial charge in [-0.2, -0.15) is 0 Å². The first-order chi connectivity index (χ1) is 7.56. The Bertz CT molecular complexity index is 435. The summed E-state index contributed by atoms with van der Waals surface area (Å²) < 4.78 is 0. The van der Waals surface area contributed by atoms with Crippen molar-refractivity contribution < 1.29 is 19.8 Å². The molecule has 1 heterocycles. The molecule has 0 aromatic heterocycles. The van der Waals surface area contributed by atoms with Crippen LogP contribution in [0, 0.1) is 0 Å². The molecule has 1 aromatic rings. The summed E-state index contributed by atoms with van der Waals surface area (Å²) in [5.41, 5.74) is 0.187. The lowest BCUT2D eigenvalue weighted by molar-refractivity contribution is -0.116. The number of carbonyl (C=O) groups is 2. The summed E-state index contributed by atoms with van der Waals surface area (Å²) in [7, 11) is 0. The third-order valence-corrected chi connectivity index (χ3v) is 2.46. The van der Waals surface area contributed by atoms with E-state index in [0.717, 1.165) is 6.07 Å². The van der Waals surface area contributed by atoms with Gasteiger partial charge < -0.3 is 15.1 Å². The van der Waals surface area contributed by atoms with E-state index in [2.05, 4.69) is 0 Å². The molecule has 0 bridgehead atoms. The van der Waals surface area contributed by atoms with Crippen molar-refractivity contribution in [2.24, 2.45) is 0 Å². The summed E-state index contributed by atoms with van der Waals surface area (Å²) in [6, 6.07) is 3.68. The van der Waals surface area contributed by atoms with Crippen LogP contribution in [0.25, 0.3) is 0 Å². The van der Waals surface area contributed by atoms with Crippen molar-refractivity contribution in [3.63, 3.8) is 0 Å². The molecule has 0 radical (unpaired) electrons. The Kier molecular flexibility index (Phi) is 2.52. The zero-order chi connectivity index (χ0) is 11.7. The van der Waals surface area contributed by atoms with Gasteiger partial charge in [0.15, 0.2) is 5.78 Å². The number of phenols is 2. The summed E-state index contributed by atoms with van der Waals surface area (Å²) in [6.07, 6.45) is 0.372. The van der Waals surface area contributed by atoms with Crippen LogP contribution in [0.2, 0.25) is 0 Å². The zero-order valence-electron chi connectivity index (χ0n) is 8.51. The lowest BCUT2D eigenvalue weighted by Gasteiger charge is -2.14. The standard InChI is InChI=1S/C11H11NO4/c13-8-1-2-12(6-8)11(16)7-3-9(14)5-10(15)4-7/h3-5,14-15H,1-2,6H2. The van der Waals surface area contributed by atoms with Gasteiger partial charge in [0.25, 0.3) is 5.91 Å². The van der Waals surface area contributed by atoms with E-state index >= 15 is 0 Å².